The molecule has 1 fully saturated rings. The Morgan fingerprint density at radius 1 is 0.697 bits per heavy atom. The fourth-order valence-electron chi connectivity index (χ4n) is 7.75. The Morgan fingerprint density at radius 3 is 1.64 bits per heavy atom. The van der Waals surface area contributed by atoms with Gasteiger partial charge in [0.2, 0.25) is 11.8 Å². The number of amides is 4. The van der Waals surface area contributed by atoms with Crippen LogP contribution >= 0.6 is 12.4 Å². The summed E-state index contributed by atoms with van der Waals surface area (Å²) in [7, 11) is 3.58. The van der Waals surface area contributed by atoms with Gasteiger partial charge in [-0.25, -0.2) is 24.7 Å². The molecule has 346 valence electrons. The fraction of sp³-hybridized carbons (Fsp3) is 0.370. The molecule has 0 unspecified atom stereocenters. The second kappa shape index (κ2) is 19.6. The normalized spacial score (nSPS) is 14.6. The molecule has 1 saturated heterocycles. The van der Waals surface area contributed by atoms with Crippen molar-refractivity contribution >= 4 is 53.5 Å². The molecule has 5 N–H and O–H groups in total. The summed E-state index contributed by atoms with van der Waals surface area (Å²) in [5.74, 6) is 2.64. The van der Waals surface area contributed by atoms with Gasteiger partial charge in [0, 0.05) is 62.6 Å². The van der Waals surface area contributed by atoms with Crippen LogP contribution in [-0.4, -0.2) is 111 Å². The van der Waals surface area contributed by atoms with Gasteiger partial charge in [-0.3, -0.25) is 19.0 Å². The van der Waals surface area contributed by atoms with E-state index in [-0.39, 0.29) is 55.0 Å². The minimum Gasteiger partial charge on any atom is -0.369 e. The van der Waals surface area contributed by atoms with Crippen LogP contribution in [0.2, 0.25) is 0 Å². The Bertz CT molecular complexity index is 2740. The minimum absolute atomic E-state index is 0. The number of carbonyl (C=O) groups is 3. The molecular weight excluding hydrogens is 862 g/mol. The number of ether oxygens (including phenoxy) is 1. The van der Waals surface area contributed by atoms with Crippen LogP contribution < -0.4 is 21.7 Å². The molecule has 3 aliphatic heterocycles. The number of hydrogen-bond acceptors (Lipinski definition) is 13. The molecule has 3 aliphatic rings. The van der Waals surface area contributed by atoms with Gasteiger partial charge in [0.15, 0.2) is 11.6 Å². The number of nitrogens with two attached hydrogens (primary N) is 1. The monoisotopic (exact) mass is 917 g/mol. The molecule has 0 aliphatic carbocycles. The van der Waals surface area contributed by atoms with Crippen molar-refractivity contribution in [2.24, 2.45) is 5.73 Å². The lowest BCUT2D eigenvalue weighted by Crippen LogP contribution is -2.59. The third-order valence-corrected chi connectivity index (χ3v) is 11.4. The van der Waals surface area contributed by atoms with E-state index in [4.69, 9.17) is 10.5 Å². The number of rotatable bonds is 10. The van der Waals surface area contributed by atoms with Crippen molar-refractivity contribution in [3.05, 3.63) is 107 Å². The third-order valence-electron chi connectivity index (χ3n) is 11.4. The van der Waals surface area contributed by atoms with Gasteiger partial charge in [-0.2, -0.15) is 10.2 Å². The summed E-state index contributed by atoms with van der Waals surface area (Å²) in [6.45, 7) is 13.9. The van der Waals surface area contributed by atoms with Crippen molar-refractivity contribution in [1.82, 2.24) is 59.5 Å². The third kappa shape index (κ3) is 11.1. The maximum absolute atomic E-state index is 12.5. The van der Waals surface area contributed by atoms with Gasteiger partial charge in [0.1, 0.15) is 37.4 Å². The number of likely N-dealkylation sites (N-methyl/N-ethyl adjacent to an activating group) is 2. The summed E-state index contributed by atoms with van der Waals surface area (Å²) in [5, 5.41) is 18.4. The topological polar surface area (TPSA) is 219 Å². The number of aryl methyl sites for hydroxylation is 2. The second-order valence-corrected chi connectivity index (χ2v) is 17.6. The Balaban J connectivity index is 0.000000204. The molecule has 9 rings (SSSR count). The number of anilines is 4. The number of benzene rings is 2. The van der Waals surface area contributed by atoms with Crippen LogP contribution in [0.1, 0.15) is 54.4 Å². The maximum atomic E-state index is 12.5. The van der Waals surface area contributed by atoms with E-state index in [0.717, 1.165) is 56.2 Å². The Morgan fingerprint density at radius 2 is 1.18 bits per heavy atom. The number of fused-ring (bicyclic) bond motifs is 2. The first-order valence-electron chi connectivity index (χ1n) is 21.5. The first kappa shape index (κ1) is 47.0. The van der Waals surface area contributed by atoms with Crippen molar-refractivity contribution < 1.29 is 19.1 Å². The van der Waals surface area contributed by atoms with Gasteiger partial charge in [-0.05, 0) is 69.0 Å². The Kier molecular flexibility index (Phi) is 14.0. The van der Waals surface area contributed by atoms with E-state index in [9.17, 15) is 14.4 Å². The number of halogens is 1. The minimum atomic E-state index is -0.204. The second-order valence-electron chi connectivity index (χ2n) is 17.6. The van der Waals surface area contributed by atoms with E-state index in [0.29, 0.717) is 62.5 Å². The molecular formula is C46H56ClN15O4. The van der Waals surface area contributed by atoms with Crippen LogP contribution in [0.5, 0.6) is 0 Å². The molecule has 4 aromatic heterocycles. The highest BCUT2D eigenvalue weighted by atomic mass is 35.5. The first-order valence-corrected chi connectivity index (χ1v) is 21.5. The first-order chi connectivity index (χ1) is 31.1. The van der Waals surface area contributed by atoms with Crippen LogP contribution in [0.25, 0.3) is 22.5 Å². The van der Waals surface area contributed by atoms with Crippen molar-refractivity contribution in [3.63, 3.8) is 0 Å². The van der Waals surface area contributed by atoms with E-state index >= 15 is 0 Å². The highest BCUT2D eigenvalue weighted by Gasteiger charge is 2.34. The number of carbonyl (C=O) groups excluding carboxylic acids is 3. The SMILES string of the molecule is Cc1cc(-c2cc(Nc3cc4n(n3)CC(=O)N(C)C4)ncn2)ccc1CN.Cc1cc(-c2cc(Nc3cc4n(n3)CC(=O)N(C)C4)ncn2)ccc1CNC(=O)N1CC(OC(C)(C)C)C1.Cl. The van der Waals surface area contributed by atoms with Gasteiger partial charge in [0.25, 0.3) is 0 Å². The van der Waals surface area contributed by atoms with Crippen molar-refractivity contribution in [1.29, 1.82) is 0 Å². The molecule has 0 atom stereocenters. The Hall–Kier alpha value is -6.96. The number of nitrogens with one attached hydrogen (secondary N) is 3. The van der Waals surface area contributed by atoms with Crippen LogP contribution in [0.4, 0.5) is 28.1 Å². The van der Waals surface area contributed by atoms with Gasteiger partial charge in [0.05, 0.1) is 60.7 Å². The molecule has 7 heterocycles. The number of likely N-dealkylation sites (tertiary alicyclic amines) is 1. The lowest BCUT2D eigenvalue weighted by atomic mass is 10.0. The van der Waals surface area contributed by atoms with Crippen molar-refractivity contribution in [2.45, 2.75) is 85.6 Å². The summed E-state index contributed by atoms with van der Waals surface area (Å²) >= 11 is 0. The highest BCUT2D eigenvalue weighted by Crippen LogP contribution is 2.27. The summed E-state index contributed by atoms with van der Waals surface area (Å²) in [6.07, 6.45) is 3.13. The molecule has 0 radical (unpaired) electrons. The largest absolute Gasteiger partial charge is 0.369 e. The van der Waals surface area contributed by atoms with Crippen LogP contribution in [-0.2, 0) is 53.6 Å². The zero-order chi connectivity index (χ0) is 46.0. The predicted molar refractivity (Wildman–Crippen MR) is 252 cm³/mol. The quantitative estimate of drug-likeness (QED) is 0.137. The molecule has 2 aromatic carbocycles. The zero-order valence-corrected chi connectivity index (χ0v) is 39.0. The van der Waals surface area contributed by atoms with E-state index < -0.39 is 0 Å². The highest BCUT2D eigenvalue weighted by molar-refractivity contribution is 5.85. The van der Waals surface area contributed by atoms with Gasteiger partial charge >= 0.3 is 6.03 Å². The number of hydrogen-bond donors (Lipinski definition) is 4. The van der Waals surface area contributed by atoms with Crippen LogP contribution in [0, 0.1) is 13.8 Å². The molecule has 0 saturated carbocycles. The summed E-state index contributed by atoms with van der Waals surface area (Å²) < 4.78 is 9.34. The van der Waals surface area contributed by atoms with E-state index in [1.165, 1.54) is 12.7 Å². The molecule has 0 bridgehead atoms. The lowest BCUT2D eigenvalue weighted by molar-refractivity contribution is -0.133. The average molecular weight is 919 g/mol. The van der Waals surface area contributed by atoms with E-state index in [1.54, 1.807) is 38.2 Å². The zero-order valence-electron chi connectivity index (χ0n) is 38.2. The lowest BCUT2D eigenvalue weighted by Gasteiger charge is -2.41. The predicted octanol–water partition coefficient (Wildman–Crippen LogP) is 5.32. The smallest absolute Gasteiger partial charge is 0.317 e. The van der Waals surface area contributed by atoms with Crippen LogP contribution in [0.15, 0.2) is 73.3 Å². The molecule has 20 heteroatoms. The van der Waals surface area contributed by atoms with Gasteiger partial charge in [-0.1, -0.05) is 24.3 Å². The Labute approximate surface area is 389 Å². The maximum Gasteiger partial charge on any atom is 0.317 e. The molecule has 6 aromatic rings. The van der Waals surface area contributed by atoms with Gasteiger partial charge < -0.3 is 41.1 Å². The standard InChI is InChI=1S/C27H34N8O3.C19H21N7O.ClH/c1-17-8-18(6-7-19(17)11-28-26(37)34-13-21(14-34)38-27(2,3)4)22-10-23(30-16-29-22)31-24-9-20-12-33(5)25(36)15-35(20)32-24;1-12-5-13(3-4-14(12)8-20)16-7-17(22-11-21-16)23-18-6-15-9-25(2)19(27)10-26(15)24-18;/h6-10,16,21H,11-15H2,1-5H3,(H,28,37)(H,29,30,31,32);3-7,11H,8-10,20H2,1-2H3,(H,21,22,23,24);1H. The number of nitrogens with zero attached hydrogens (tertiary/aromatic N) is 11. The molecule has 0 spiro atoms. The molecule has 19 nitrogen and oxygen atoms in total. The number of aromatic nitrogens is 8. The average Bonchev–Trinajstić information content (AvgIpc) is 3.82. The van der Waals surface area contributed by atoms with E-state index in [1.807, 2.05) is 83.1 Å². The van der Waals surface area contributed by atoms with E-state index in [2.05, 4.69) is 58.2 Å². The fourth-order valence-corrected chi connectivity index (χ4v) is 7.75. The van der Waals surface area contributed by atoms with Crippen molar-refractivity contribution in [2.75, 3.05) is 37.8 Å². The number of urea groups is 1. The van der Waals surface area contributed by atoms with Gasteiger partial charge in [-0.15, -0.1) is 12.4 Å². The summed E-state index contributed by atoms with van der Waals surface area (Å²) in [5.41, 5.74) is 15.4. The summed E-state index contributed by atoms with van der Waals surface area (Å²) in [6, 6.07) is 19.7. The summed E-state index contributed by atoms with van der Waals surface area (Å²) in [4.78, 5) is 58.8. The molecule has 4 amide bonds. The van der Waals surface area contributed by atoms with Crippen LogP contribution in [0.3, 0.4) is 0 Å². The van der Waals surface area contributed by atoms with Crippen molar-refractivity contribution in [3.8, 4) is 22.5 Å². The molecule has 66 heavy (non-hydrogen) atoms.